The highest BCUT2D eigenvalue weighted by Gasteiger charge is 2.22. The highest BCUT2D eigenvalue weighted by molar-refractivity contribution is 5.92. The molecule has 0 aliphatic rings. The number of hydrogen-bond acceptors (Lipinski definition) is 6. The second-order valence-electron chi connectivity index (χ2n) is 4.59. The molecule has 9 nitrogen and oxygen atoms in total. The van der Waals surface area contributed by atoms with Gasteiger partial charge >= 0.3 is 5.97 Å². The van der Waals surface area contributed by atoms with Gasteiger partial charge < -0.3 is 9.63 Å². The summed E-state index contributed by atoms with van der Waals surface area (Å²) in [5, 5.41) is 24.7. The Bertz CT molecular complexity index is 800. The summed E-state index contributed by atoms with van der Waals surface area (Å²) >= 11 is 0. The van der Waals surface area contributed by atoms with Crippen LogP contribution in [0.3, 0.4) is 0 Å². The van der Waals surface area contributed by atoms with Gasteiger partial charge in [-0.2, -0.15) is 5.10 Å². The highest BCUT2D eigenvalue weighted by Crippen LogP contribution is 2.22. The second kappa shape index (κ2) is 4.85. The summed E-state index contributed by atoms with van der Waals surface area (Å²) in [5.41, 5.74) is 1.62. The predicted octanol–water partition coefficient (Wildman–Crippen LogP) is 0.722. The van der Waals surface area contributed by atoms with Gasteiger partial charge in [-0.15, -0.1) is 5.10 Å². The van der Waals surface area contributed by atoms with Gasteiger partial charge in [0.15, 0.2) is 11.5 Å². The van der Waals surface area contributed by atoms with Gasteiger partial charge in [0.2, 0.25) is 0 Å². The van der Waals surface area contributed by atoms with E-state index in [0.717, 1.165) is 5.69 Å². The first kappa shape index (κ1) is 13.0. The lowest BCUT2D eigenvalue weighted by molar-refractivity contribution is 0.0691. The molecule has 0 aliphatic heterocycles. The molecule has 21 heavy (non-hydrogen) atoms. The first-order valence-electron chi connectivity index (χ1n) is 6.12. The van der Waals surface area contributed by atoms with Crippen molar-refractivity contribution in [2.24, 2.45) is 7.05 Å². The third kappa shape index (κ3) is 2.40. The van der Waals surface area contributed by atoms with E-state index in [1.807, 2.05) is 0 Å². The summed E-state index contributed by atoms with van der Waals surface area (Å²) in [6, 6.07) is 1.76. The van der Waals surface area contributed by atoms with E-state index in [4.69, 9.17) is 4.52 Å². The van der Waals surface area contributed by atoms with E-state index in [1.54, 1.807) is 37.1 Å². The lowest BCUT2D eigenvalue weighted by atomic mass is 10.2. The minimum absolute atomic E-state index is 0.126. The van der Waals surface area contributed by atoms with Gasteiger partial charge in [-0.25, -0.2) is 9.48 Å². The quantitative estimate of drug-likeness (QED) is 0.752. The van der Waals surface area contributed by atoms with Crippen molar-refractivity contribution in [3.63, 3.8) is 0 Å². The maximum absolute atomic E-state index is 11.3. The Morgan fingerprint density at radius 3 is 2.86 bits per heavy atom. The van der Waals surface area contributed by atoms with Crippen LogP contribution in [-0.4, -0.2) is 41.0 Å². The van der Waals surface area contributed by atoms with E-state index < -0.39 is 5.97 Å². The van der Waals surface area contributed by atoms with Crippen molar-refractivity contribution in [3.8, 4) is 11.3 Å². The minimum Gasteiger partial charge on any atom is -0.476 e. The van der Waals surface area contributed by atoms with Gasteiger partial charge in [0.1, 0.15) is 12.2 Å². The number of aromatic carboxylic acids is 1. The molecule has 0 saturated heterocycles. The first-order valence-corrected chi connectivity index (χ1v) is 6.12. The van der Waals surface area contributed by atoms with Gasteiger partial charge in [-0.1, -0.05) is 10.4 Å². The number of rotatable bonds is 4. The Kier molecular flexibility index (Phi) is 3.01. The molecule has 9 heteroatoms. The van der Waals surface area contributed by atoms with Crippen molar-refractivity contribution in [2.45, 2.75) is 13.5 Å². The van der Waals surface area contributed by atoms with E-state index in [1.165, 1.54) is 4.68 Å². The molecule has 0 radical (unpaired) electrons. The van der Waals surface area contributed by atoms with Gasteiger partial charge in [-0.3, -0.25) is 4.68 Å². The minimum atomic E-state index is -1.14. The molecule has 3 aromatic rings. The van der Waals surface area contributed by atoms with Crippen LogP contribution in [0.15, 0.2) is 23.0 Å². The Morgan fingerprint density at radius 1 is 1.48 bits per heavy atom. The molecule has 0 bridgehead atoms. The van der Waals surface area contributed by atoms with Crippen molar-refractivity contribution in [1.29, 1.82) is 0 Å². The van der Waals surface area contributed by atoms with E-state index in [9.17, 15) is 9.90 Å². The Balaban J connectivity index is 2.06. The smallest absolute Gasteiger partial charge is 0.358 e. The molecule has 3 heterocycles. The largest absolute Gasteiger partial charge is 0.476 e. The molecule has 3 rings (SSSR count). The van der Waals surface area contributed by atoms with Crippen molar-refractivity contribution >= 4 is 5.97 Å². The molecule has 0 saturated carbocycles. The average molecular weight is 288 g/mol. The normalized spacial score (nSPS) is 11.0. The van der Waals surface area contributed by atoms with Crippen LogP contribution in [0, 0.1) is 6.92 Å². The fourth-order valence-electron chi connectivity index (χ4n) is 2.04. The number of carbonyl (C=O) groups is 1. The van der Waals surface area contributed by atoms with Crippen LogP contribution in [0.4, 0.5) is 0 Å². The lowest BCUT2D eigenvalue weighted by Crippen LogP contribution is -2.05. The third-order valence-electron chi connectivity index (χ3n) is 2.90. The summed E-state index contributed by atoms with van der Waals surface area (Å²) in [6.45, 7) is 2.05. The molecule has 108 valence electrons. The summed E-state index contributed by atoms with van der Waals surface area (Å²) in [7, 11) is 1.75. The zero-order valence-electron chi connectivity index (χ0n) is 11.4. The van der Waals surface area contributed by atoms with E-state index >= 15 is 0 Å². The molecule has 0 fully saturated rings. The van der Waals surface area contributed by atoms with Crippen LogP contribution in [0.2, 0.25) is 0 Å². The second-order valence-corrected chi connectivity index (χ2v) is 4.59. The third-order valence-corrected chi connectivity index (χ3v) is 2.90. The number of hydrogen-bond donors (Lipinski definition) is 1. The summed E-state index contributed by atoms with van der Waals surface area (Å²) < 4.78 is 8.17. The van der Waals surface area contributed by atoms with Gasteiger partial charge in [0.05, 0.1) is 11.9 Å². The van der Waals surface area contributed by atoms with E-state index in [2.05, 4.69) is 20.6 Å². The van der Waals surface area contributed by atoms with E-state index in [-0.39, 0.29) is 12.2 Å². The molecule has 0 unspecified atom stereocenters. The fourth-order valence-corrected chi connectivity index (χ4v) is 2.04. The van der Waals surface area contributed by atoms with Crippen LogP contribution in [0.5, 0.6) is 0 Å². The summed E-state index contributed by atoms with van der Waals surface area (Å²) in [6.07, 6.45) is 3.26. The molecule has 0 atom stereocenters. The Labute approximate surface area is 118 Å². The monoisotopic (exact) mass is 288 g/mol. The number of nitrogens with zero attached hydrogens (tertiary/aromatic N) is 6. The highest BCUT2D eigenvalue weighted by atomic mass is 16.5. The number of carboxylic acids is 1. The molecule has 0 aliphatic carbocycles. The van der Waals surface area contributed by atoms with Crippen LogP contribution >= 0.6 is 0 Å². The van der Waals surface area contributed by atoms with Crippen LogP contribution in [0.1, 0.15) is 21.9 Å². The molecule has 3 aromatic heterocycles. The maximum atomic E-state index is 11.3. The molecule has 1 N–H and O–H groups in total. The topological polar surface area (TPSA) is 112 Å². The maximum Gasteiger partial charge on any atom is 0.358 e. The molecule has 0 amide bonds. The van der Waals surface area contributed by atoms with Crippen molar-refractivity contribution in [3.05, 3.63) is 35.6 Å². The van der Waals surface area contributed by atoms with Crippen LogP contribution < -0.4 is 0 Å². The average Bonchev–Trinajstić information content (AvgIpc) is 3.10. The molecular weight excluding hydrogens is 276 g/mol. The van der Waals surface area contributed by atoms with Crippen molar-refractivity contribution < 1.29 is 14.4 Å². The van der Waals surface area contributed by atoms with Crippen molar-refractivity contribution in [2.75, 3.05) is 0 Å². The summed E-state index contributed by atoms with van der Waals surface area (Å²) in [4.78, 5) is 11.3. The number of aryl methyl sites for hydroxylation is 2. The lowest BCUT2D eigenvalue weighted by Gasteiger charge is -2.02. The van der Waals surface area contributed by atoms with Gasteiger partial charge in [0.25, 0.3) is 0 Å². The zero-order chi connectivity index (χ0) is 15.0. The Morgan fingerprint density at radius 2 is 2.29 bits per heavy atom. The first-order chi connectivity index (χ1) is 10.0. The van der Waals surface area contributed by atoms with Crippen LogP contribution in [0.25, 0.3) is 11.3 Å². The zero-order valence-corrected chi connectivity index (χ0v) is 11.4. The fraction of sp³-hybridized carbons (Fsp3) is 0.250. The molecule has 0 spiro atoms. The van der Waals surface area contributed by atoms with Crippen LogP contribution in [-0.2, 0) is 13.6 Å². The number of carboxylic acid groups (broad SMARTS) is 1. The number of aromatic nitrogens is 6. The standard InChI is InChI=1S/C12H12N6O3/c1-7-3-9(21-15-7)6-18-11(8-4-13-17(2)5-8)10(12(19)20)14-16-18/h3-5H,6H2,1-2H3,(H,19,20). The summed E-state index contributed by atoms with van der Waals surface area (Å²) in [5.74, 6) is -0.576. The molecule has 0 aromatic carbocycles. The Hall–Kier alpha value is -2.97. The predicted molar refractivity (Wildman–Crippen MR) is 69.5 cm³/mol. The van der Waals surface area contributed by atoms with Gasteiger partial charge in [0, 0.05) is 24.9 Å². The van der Waals surface area contributed by atoms with Gasteiger partial charge in [-0.05, 0) is 6.92 Å². The van der Waals surface area contributed by atoms with Crippen molar-refractivity contribution in [1.82, 2.24) is 29.9 Å². The molecular formula is C12H12N6O3. The SMILES string of the molecule is Cc1cc(Cn2nnc(C(=O)O)c2-c2cnn(C)c2)on1. The van der Waals surface area contributed by atoms with E-state index in [0.29, 0.717) is 17.0 Å².